The average Bonchev–Trinajstić information content (AvgIpc) is 2.23. The first-order valence-electron chi connectivity index (χ1n) is 4.50. The van der Waals surface area contributed by atoms with Gasteiger partial charge in [0.05, 0.1) is 10.0 Å². The first-order valence-corrected chi connectivity index (χ1v) is 6.42. The van der Waals surface area contributed by atoms with E-state index < -0.39 is 12.0 Å². The summed E-state index contributed by atoms with van der Waals surface area (Å²) in [7, 11) is 0. The van der Waals surface area contributed by atoms with Gasteiger partial charge in [0.2, 0.25) is 0 Å². The van der Waals surface area contributed by atoms with Crippen molar-refractivity contribution in [1.82, 2.24) is 0 Å². The van der Waals surface area contributed by atoms with Crippen LogP contribution in [0.3, 0.4) is 0 Å². The largest absolute Gasteiger partial charge is 0.480 e. The molecule has 0 aliphatic heterocycles. The van der Waals surface area contributed by atoms with Crippen molar-refractivity contribution in [2.75, 3.05) is 5.75 Å². The Morgan fingerprint density at radius 3 is 2.69 bits per heavy atom. The van der Waals surface area contributed by atoms with E-state index >= 15 is 0 Å². The van der Waals surface area contributed by atoms with Crippen molar-refractivity contribution in [3.05, 3.63) is 33.8 Å². The van der Waals surface area contributed by atoms with E-state index in [-0.39, 0.29) is 0 Å². The summed E-state index contributed by atoms with van der Waals surface area (Å²) in [6.45, 7) is 0. The van der Waals surface area contributed by atoms with Crippen LogP contribution in [-0.4, -0.2) is 22.9 Å². The highest BCUT2D eigenvalue weighted by molar-refractivity contribution is 7.98. The molecule has 88 valence electrons. The first-order chi connectivity index (χ1) is 7.50. The van der Waals surface area contributed by atoms with E-state index in [0.29, 0.717) is 21.6 Å². The van der Waals surface area contributed by atoms with Crippen molar-refractivity contribution in [1.29, 1.82) is 0 Å². The summed E-state index contributed by atoms with van der Waals surface area (Å²) in [5.74, 6) is 0.0506. The van der Waals surface area contributed by atoms with Gasteiger partial charge in [0.15, 0.2) is 0 Å². The van der Waals surface area contributed by atoms with Crippen molar-refractivity contribution < 1.29 is 9.90 Å². The number of carbonyl (C=O) groups is 1. The standard InChI is InChI=1S/C10H11Cl2NO2S/c11-7-2-1-6(3-8(7)12)4-16-5-9(13)10(14)15/h1-3,9H,4-5,13H2,(H,14,15)/t9-/m0/s1. The minimum atomic E-state index is -0.985. The molecule has 6 heteroatoms. The molecule has 1 atom stereocenters. The lowest BCUT2D eigenvalue weighted by atomic mass is 10.2. The van der Waals surface area contributed by atoms with Crippen molar-refractivity contribution in [2.45, 2.75) is 11.8 Å². The fraction of sp³-hybridized carbons (Fsp3) is 0.300. The molecule has 1 aromatic rings. The first kappa shape index (κ1) is 13.6. The van der Waals surface area contributed by atoms with Gasteiger partial charge in [-0.15, -0.1) is 0 Å². The van der Waals surface area contributed by atoms with Gasteiger partial charge in [-0.1, -0.05) is 29.3 Å². The lowest BCUT2D eigenvalue weighted by molar-refractivity contribution is -0.137. The number of nitrogens with two attached hydrogens (primary N) is 1. The molecule has 0 amide bonds. The van der Waals surface area contributed by atoms with Gasteiger partial charge in [0, 0.05) is 11.5 Å². The number of benzene rings is 1. The Hall–Kier alpha value is -0.420. The Morgan fingerprint density at radius 2 is 2.12 bits per heavy atom. The highest BCUT2D eigenvalue weighted by Gasteiger charge is 2.10. The molecule has 0 spiro atoms. The highest BCUT2D eigenvalue weighted by atomic mass is 35.5. The molecule has 0 fully saturated rings. The zero-order valence-electron chi connectivity index (χ0n) is 8.32. The molecule has 0 aliphatic rings. The Bertz CT molecular complexity index is 387. The van der Waals surface area contributed by atoms with E-state index in [0.717, 1.165) is 5.56 Å². The zero-order valence-corrected chi connectivity index (χ0v) is 10.6. The molecular formula is C10H11Cl2NO2S. The van der Waals surface area contributed by atoms with Gasteiger partial charge in [0.1, 0.15) is 6.04 Å². The minimum absolute atomic E-state index is 0.371. The zero-order chi connectivity index (χ0) is 12.1. The van der Waals surface area contributed by atoms with Crippen molar-refractivity contribution in [3.8, 4) is 0 Å². The van der Waals surface area contributed by atoms with Crippen LogP contribution in [-0.2, 0) is 10.5 Å². The monoisotopic (exact) mass is 279 g/mol. The number of rotatable bonds is 5. The molecule has 16 heavy (non-hydrogen) atoms. The molecule has 3 N–H and O–H groups in total. The molecule has 0 saturated carbocycles. The highest BCUT2D eigenvalue weighted by Crippen LogP contribution is 2.24. The van der Waals surface area contributed by atoms with Crippen LogP contribution in [0.4, 0.5) is 0 Å². The van der Waals surface area contributed by atoms with Crippen LogP contribution in [0.5, 0.6) is 0 Å². The molecule has 0 bridgehead atoms. The summed E-state index contributed by atoms with van der Waals surface area (Å²) in [6, 6.07) is 4.51. The van der Waals surface area contributed by atoms with Crippen LogP contribution < -0.4 is 5.73 Å². The molecule has 1 aromatic carbocycles. The number of hydrogen-bond acceptors (Lipinski definition) is 3. The second-order valence-corrected chi connectivity index (χ2v) is 5.05. The van der Waals surface area contributed by atoms with Crippen LogP contribution >= 0.6 is 35.0 Å². The van der Waals surface area contributed by atoms with Gasteiger partial charge in [-0.05, 0) is 17.7 Å². The molecule has 0 saturated heterocycles. The van der Waals surface area contributed by atoms with Crippen LogP contribution in [0.1, 0.15) is 5.56 Å². The predicted octanol–water partition coefficient (Wildman–Crippen LogP) is 2.64. The van der Waals surface area contributed by atoms with Gasteiger partial charge in [-0.2, -0.15) is 11.8 Å². The molecule has 1 rings (SSSR count). The maximum absolute atomic E-state index is 10.5. The topological polar surface area (TPSA) is 63.3 Å². The summed E-state index contributed by atoms with van der Waals surface area (Å²) in [4.78, 5) is 10.5. The normalized spacial score (nSPS) is 12.4. The number of carboxylic acid groups (broad SMARTS) is 1. The molecule has 0 radical (unpaired) electrons. The van der Waals surface area contributed by atoms with E-state index in [1.54, 1.807) is 12.1 Å². The Balaban J connectivity index is 2.43. The van der Waals surface area contributed by atoms with Gasteiger partial charge >= 0.3 is 5.97 Å². The lowest BCUT2D eigenvalue weighted by Crippen LogP contribution is -2.32. The Labute approximate surface area is 108 Å². The van der Waals surface area contributed by atoms with Crippen molar-refractivity contribution in [3.63, 3.8) is 0 Å². The average molecular weight is 280 g/mol. The van der Waals surface area contributed by atoms with Crippen molar-refractivity contribution >= 4 is 40.9 Å². The lowest BCUT2D eigenvalue weighted by Gasteiger charge is -2.06. The van der Waals surface area contributed by atoms with E-state index in [1.165, 1.54) is 11.8 Å². The number of aliphatic carboxylic acids is 1. The summed E-state index contributed by atoms with van der Waals surface area (Å²) < 4.78 is 0. The SMILES string of the molecule is N[C@@H](CSCc1ccc(Cl)c(Cl)c1)C(=O)O. The maximum atomic E-state index is 10.5. The van der Waals surface area contributed by atoms with E-state index in [9.17, 15) is 4.79 Å². The number of halogens is 2. The third-order valence-electron chi connectivity index (χ3n) is 1.87. The van der Waals surface area contributed by atoms with Crippen LogP contribution in [0, 0.1) is 0 Å². The van der Waals surface area contributed by atoms with Crippen LogP contribution in [0.15, 0.2) is 18.2 Å². The van der Waals surface area contributed by atoms with Gasteiger partial charge in [-0.3, -0.25) is 4.79 Å². The molecule has 0 unspecified atom stereocenters. The van der Waals surface area contributed by atoms with E-state index in [1.807, 2.05) is 6.07 Å². The van der Waals surface area contributed by atoms with E-state index in [4.69, 9.17) is 34.0 Å². The number of hydrogen-bond donors (Lipinski definition) is 2. The van der Waals surface area contributed by atoms with Crippen LogP contribution in [0.25, 0.3) is 0 Å². The molecule has 0 aliphatic carbocycles. The van der Waals surface area contributed by atoms with Gasteiger partial charge in [-0.25, -0.2) is 0 Å². The third kappa shape index (κ3) is 4.22. The molecular weight excluding hydrogens is 269 g/mol. The Kier molecular flexibility index (Phi) is 5.41. The predicted molar refractivity (Wildman–Crippen MR) is 68.2 cm³/mol. The maximum Gasteiger partial charge on any atom is 0.321 e. The van der Waals surface area contributed by atoms with Gasteiger partial charge < -0.3 is 10.8 Å². The quantitative estimate of drug-likeness (QED) is 0.870. The fourth-order valence-corrected chi connectivity index (χ4v) is 2.25. The second-order valence-electron chi connectivity index (χ2n) is 3.21. The second kappa shape index (κ2) is 6.35. The third-order valence-corrected chi connectivity index (χ3v) is 3.74. The number of thioether (sulfide) groups is 1. The summed E-state index contributed by atoms with van der Waals surface area (Å²) in [5.41, 5.74) is 6.36. The Morgan fingerprint density at radius 1 is 1.44 bits per heavy atom. The smallest absolute Gasteiger partial charge is 0.321 e. The molecule has 0 heterocycles. The summed E-state index contributed by atoms with van der Waals surface area (Å²) >= 11 is 13.1. The molecule has 3 nitrogen and oxygen atoms in total. The van der Waals surface area contributed by atoms with E-state index in [2.05, 4.69) is 0 Å². The molecule has 0 aromatic heterocycles. The fourth-order valence-electron chi connectivity index (χ4n) is 1.00. The van der Waals surface area contributed by atoms with Gasteiger partial charge in [0.25, 0.3) is 0 Å². The van der Waals surface area contributed by atoms with Crippen molar-refractivity contribution in [2.24, 2.45) is 5.73 Å². The minimum Gasteiger partial charge on any atom is -0.480 e. The summed E-state index contributed by atoms with van der Waals surface area (Å²) in [5, 5.41) is 9.60. The van der Waals surface area contributed by atoms with Crippen LogP contribution in [0.2, 0.25) is 10.0 Å². The number of carboxylic acids is 1. The summed E-state index contributed by atoms with van der Waals surface area (Å²) in [6.07, 6.45) is 0.